The zero-order valence-electron chi connectivity index (χ0n) is 12.1. The Labute approximate surface area is 123 Å². The van der Waals surface area contributed by atoms with Gasteiger partial charge in [-0.2, -0.15) is 0 Å². The van der Waals surface area contributed by atoms with E-state index in [0.29, 0.717) is 26.1 Å². The molecular weight excluding hydrogens is 272 g/mol. The van der Waals surface area contributed by atoms with Crippen LogP contribution < -0.4 is 11.1 Å². The molecule has 2 saturated heterocycles. The first-order valence-corrected chi connectivity index (χ1v) is 7.61. The zero-order valence-corrected chi connectivity index (χ0v) is 12.1. The topological polar surface area (TPSA) is 95.7 Å². The molecule has 21 heavy (non-hydrogen) atoms. The lowest BCUT2D eigenvalue weighted by molar-refractivity contribution is -0.143. The van der Waals surface area contributed by atoms with E-state index < -0.39 is 0 Å². The van der Waals surface area contributed by atoms with Crippen molar-refractivity contribution in [2.45, 2.75) is 31.2 Å². The lowest BCUT2D eigenvalue weighted by atomic mass is 10.1. The molecule has 3 N–H and O–H groups in total. The van der Waals surface area contributed by atoms with E-state index >= 15 is 0 Å². The predicted octanol–water partition coefficient (Wildman–Crippen LogP) is -1.33. The first kappa shape index (κ1) is 14.3. The van der Waals surface area contributed by atoms with Crippen LogP contribution in [0.1, 0.15) is 25.7 Å². The lowest BCUT2D eigenvalue weighted by Crippen LogP contribution is -2.58. The quantitative estimate of drug-likeness (QED) is 0.672. The van der Waals surface area contributed by atoms with Crippen LogP contribution in [0.2, 0.25) is 0 Å². The molecule has 3 amide bonds. The molecule has 7 nitrogen and oxygen atoms in total. The molecule has 116 valence electrons. The molecule has 1 spiro atoms. The number of primary amides is 1. The highest BCUT2D eigenvalue weighted by atomic mass is 16.2. The summed E-state index contributed by atoms with van der Waals surface area (Å²) < 4.78 is 0. The average Bonchev–Trinajstić information content (AvgIpc) is 3.05. The van der Waals surface area contributed by atoms with Crippen molar-refractivity contribution >= 4 is 17.7 Å². The second-order valence-electron chi connectivity index (χ2n) is 6.40. The van der Waals surface area contributed by atoms with Crippen LogP contribution in [0.5, 0.6) is 0 Å². The van der Waals surface area contributed by atoms with Crippen LogP contribution in [-0.4, -0.2) is 65.8 Å². The number of hydrogen-bond acceptors (Lipinski definition) is 4. The molecule has 1 aliphatic carbocycles. The fourth-order valence-corrected chi connectivity index (χ4v) is 3.35. The highest BCUT2D eigenvalue weighted by Crippen LogP contribution is 2.38. The maximum atomic E-state index is 12.3. The Hall–Kier alpha value is -1.63. The first-order chi connectivity index (χ1) is 10.00. The number of carbonyl (C=O) groups is 3. The van der Waals surface area contributed by atoms with Gasteiger partial charge in [-0.05, 0) is 25.2 Å². The van der Waals surface area contributed by atoms with Gasteiger partial charge in [0, 0.05) is 32.6 Å². The lowest BCUT2D eigenvalue weighted by Gasteiger charge is -2.34. The second-order valence-corrected chi connectivity index (χ2v) is 6.40. The van der Waals surface area contributed by atoms with Crippen molar-refractivity contribution in [2.75, 3.05) is 32.7 Å². The van der Waals surface area contributed by atoms with Crippen molar-refractivity contribution in [3.05, 3.63) is 0 Å². The van der Waals surface area contributed by atoms with Crippen LogP contribution in [0.25, 0.3) is 0 Å². The van der Waals surface area contributed by atoms with Gasteiger partial charge in [-0.3, -0.25) is 14.4 Å². The van der Waals surface area contributed by atoms with Crippen molar-refractivity contribution in [2.24, 2.45) is 11.7 Å². The van der Waals surface area contributed by atoms with E-state index in [9.17, 15) is 14.4 Å². The van der Waals surface area contributed by atoms with Gasteiger partial charge in [0.15, 0.2) is 0 Å². The Kier molecular flexibility index (Phi) is 3.61. The van der Waals surface area contributed by atoms with E-state index in [1.807, 2.05) is 0 Å². The molecule has 1 unspecified atom stereocenters. The molecule has 3 aliphatic rings. The van der Waals surface area contributed by atoms with E-state index in [2.05, 4.69) is 5.32 Å². The SMILES string of the molecule is NC(=O)CC1CCN(C(=O)CN2CCNC3(CC3)C2=O)C1. The Balaban J connectivity index is 1.52. The molecule has 1 saturated carbocycles. The fraction of sp³-hybridized carbons (Fsp3) is 0.786. The molecular formula is C14H22N4O3. The van der Waals surface area contributed by atoms with E-state index in [1.54, 1.807) is 9.80 Å². The van der Waals surface area contributed by atoms with Gasteiger partial charge < -0.3 is 20.9 Å². The number of nitrogens with two attached hydrogens (primary N) is 1. The van der Waals surface area contributed by atoms with Gasteiger partial charge >= 0.3 is 0 Å². The van der Waals surface area contributed by atoms with Crippen molar-refractivity contribution in [3.8, 4) is 0 Å². The standard InChI is InChI=1S/C14H22N4O3/c15-11(19)7-10-1-5-17(8-10)12(20)9-18-6-4-16-14(2-3-14)13(18)21/h10,16H,1-9H2,(H2,15,19). The van der Waals surface area contributed by atoms with Crippen molar-refractivity contribution in [1.82, 2.24) is 15.1 Å². The number of carbonyl (C=O) groups excluding carboxylic acids is 3. The van der Waals surface area contributed by atoms with Crippen LogP contribution >= 0.6 is 0 Å². The van der Waals surface area contributed by atoms with Crippen molar-refractivity contribution in [1.29, 1.82) is 0 Å². The van der Waals surface area contributed by atoms with Gasteiger partial charge in [0.25, 0.3) is 0 Å². The van der Waals surface area contributed by atoms with Crippen LogP contribution in [0.15, 0.2) is 0 Å². The molecule has 2 heterocycles. The smallest absolute Gasteiger partial charge is 0.243 e. The van der Waals surface area contributed by atoms with Gasteiger partial charge in [-0.25, -0.2) is 0 Å². The molecule has 0 aromatic carbocycles. The molecule has 0 bridgehead atoms. The number of rotatable bonds is 4. The average molecular weight is 294 g/mol. The molecule has 7 heteroatoms. The minimum absolute atomic E-state index is 0.0204. The fourth-order valence-electron chi connectivity index (χ4n) is 3.35. The van der Waals surface area contributed by atoms with Gasteiger partial charge in [0.1, 0.15) is 0 Å². The van der Waals surface area contributed by atoms with Crippen LogP contribution in [0.3, 0.4) is 0 Å². The number of nitrogens with zero attached hydrogens (tertiary/aromatic N) is 2. The van der Waals surface area contributed by atoms with Gasteiger partial charge in [0.2, 0.25) is 17.7 Å². The number of piperazine rings is 1. The maximum Gasteiger partial charge on any atom is 0.243 e. The largest absolute Gasteiger partial charge is 0.370 e. The number of nitrogens with one attached hydrogen (secondary N) is 1. The molecule has 0 aromatic rings. The molecule has 3 fully saturated rings. The normalized spacial score (nSPS) is 27.2. The van der Waals surface area contributed by atoms with E-state index in [-0.39, 0.29) is 35.7 Å². The number of likely N-dealkylation sites (tertiary alicyclic amines) is 1. The monoisotopic (exact) mass is 294 g/mol. The molecule has 1 atom stereocenters. The summed E-state index contributed by atoms with van der Waals surface area (Å²) in [7, 11) is 0. The van der Waals surface area contributed by atoms with E-state index in [0.717, 1.165) is 25.8 Å². The summed E-state index contributed by atoms with van der Waals surface area (Å²) in [6.45, 7) is 2.73. The minimum Gasteiger partial charge on any atom is -0.370 e. The highest BCUT2D eigenvalue weighted by molar-refractivity contribution is 5.93. The summed E-state index contributed by atoms with van der Waals surface area (Å²) in [6, 6.07) is 0. The molecule has 3 rings (SSSR count). The number of hydrogen-bond donors (Lipinski definition) is 2. The Bertz CT molecular complexity index is 475. The van der Waals surface area contributed by atoms with Gasteiger partial charge in [0.05, 0.1) is 12.1 Å². The van der Waals surface area contributed by atoms with Crippen molar-refractivity contribution in [3.63, 3.8) is 0 Å². The summed E-state index contributed by atoms with van der Waals surface area (Å²) in [4.78, 5) is 39.0. The second kappa shape index (κ2) is 5.29. The summed E-state index contributed by atoms with van der Waals surface area (Å²) in [5, 5.41) is 3.25. The third-order valence-corrected chi connectivity index (χ3v) is 4.75. The maximum absolute atomic E-state index is 12.3. The van der Waals surface area contributed by atoms with Crippen LogP contribution in [0.4, 0.5) is 0 Å². The van der Waals surface area contributed by atoms with Crippen molar-refractivity contribution < 1.29 is 14.4 Å². The summed E-state index contributed by atoms with van der Waals surface area (Å²) >= 11 is 0. The van der Waals surface area contributed by atoms with Crippen LogP contribution in [0, 0.1) is 5.92 Å². The Morgan fingerprint density at radius 1 is 1.33 bits per heavy atom. The van der Waals surface area contributed by atoms with E-state index in [1.165, 1.54) is 0 Å². The summed E-state index contributed by atoms with van der Waals surface area (Å²) in [5.41, 5.74) is 4.83. The third kappa shape index (κ3) is 2.88. The summed E-state index contributed by atoms with van der Waals surface area (Å²) in [6.07, 6.45) is 2.90. The van der Waals surface area contributed by atoms with Gasteiger partial charge in [-0.15, -0.1) is 0 Å². The first-order valence-electron chi connectivity index (χ1n) is 7.61. The number of amides is 3. The molecule has 0 radical (unpaired) electrons. The third-order valence-electron chi connectivity index (χ3n) is 4.75. The summed E-state index contributed by atoms with van der Waals surface area (Å²) in [5.74, 6) is -0.106. The predicted molar refractivity (Wildman–Crippen MR) is 75.0 cm³/mol. The Morgan fingerprint density at radius 2 is 2.10 bits per heavy atom. The minimum atomic E-state index is -0.363. The molecule has 0 aromatic heterocycles. The van der Waals surface area contributed by atoms with Gasteiger partial charge in [-0.1, -0.05) is 0 Å². The molecule has 2 aliphatic heterocycles. The van der Waals surface area contributed by atoms with Crippen LogP contribution in [-0.2, 0) is 14.4 Å². The Morgan fingerprint density at radius 3 is 2.76 bits per heavy atom. The highest BCUT2D eigenvalue weighted by Gasteiger charge is 2.53. The van der Waals surface area contributed by atoms with E-state index in [4.69, 9.17) is 5.73 Å². The zero-order chi connectivity index (χ0) is 15.0.